The van der Waals surface area contributed by atoms with E-state index in [9.17, 15) is 22.4 Å². The molecule has 0 heterocycles. The van der Waals surface area contributed by atoms with E-state index in [1.165, 1.54) is 0 Å². The van der Waals surface area contributed by atoms with Gasteiger partial charge in [0.1, 0.15) is 11.6 Å². The van der Waals surface area contributed by atoms with Gasteiger partial charge in [-0.15, -0.1) is 0 Å². The molecule has 1 aliphatic rings. The average Bonchev–Trinajstić information content (AvgIpc) is 2.50. The molecule has 0 spiro atoms. The third-order valence-electron chi connectivity index (χ3n) is 3.89. The molecular weight excluding hydrogens is 370 g/mol. The number of rotatable bonds is 4. The van der Waals surface area contributed by atoms with Crippen LogP contribution in [-0.4, -0.2) is 24.4 Å². The standard InChI is InChI=1S/C15H16ClF4NO2S/c1-24-21-14(22)10-6-11(16)13(7-12(10)17)23-9-4-2-8(3-5-9)15(18,19)20/h6-9H,2-5H2,1H3,(H,21,22). The van der Waals surface area contributed by atoms with Gasteiger partial charge in [-0.1, -0.05) is 23.5 Å². The summed E-state index contributed by atoms with van der Waals surface area (Å²) < 4.78 is 59.9. The lowest BCUT2D eigenvalue weighted by Crippen LogP contribution is -2.32. The molecule has 0 aliphatic heterocycles. The first-order valence-corrected chi connectivity index (χ1v) is 8.88. The molecule has 24 heavy (non-hydrogen) atoms. The fraction of sp³-hybridized carbons (Fsp3) is 0.533. The van der Waals surface area contributed by atoms with Crippen LogP contribution >= 0.6 is 23.5 Å². The summed E-state index contributed by atoms with van der Waals surface area (Å²) in [7, 11) is 0. The van der Waals surface area contributed by atoms with Crippen LogP contribution < -0.4 is 9.46 Å². The van der Waals surface area contributed by atoms with E-state index in [0.717, 1.165) is 24.1 Å². The summed E-state index contributed by atoms with van der Waals surface area (Å²) in [5, 5.41) is 0.0422. The van der Waals surface area contributed by atoms with Crippen LogP contribution in [0, 0.1) is 11.7 Å². The molecule has 1 aromatic rings. The number of hydrogen-bond donors (Lipinski definition) is 1. The summed E-state index contributed by atoms with van der Waals surface area (Å²) in [6, 6.07) is 2.15. The van der Waals surface area contributed by atoms with Gasteiger partial charge in [0.25, 0.3) is 5.91 Å². The summed E-state index contributed by atoms with van der Waals surface area (Å²) in [5.74, 6) is -2.71. The first kappa shape index (κ1) is 19.2. The van der Waals surface area contributed by atoms with Crippen molar-refractivity contribution in [1.29, 1.82) is 0 Å². The minimum absolute atomic E-state index is 0.0253. The SMILES string of the molecule is CSNC(=O)c1cc(Cl)c(OC2CCC(C(F)(F)F)CC2)cc1F. The molecule has 1 aromatic carbocycles. The van der Waals surface area contributed by atoms with Gasteiger partial charge in [-0.2, -0.15) is 13.2 Å². The van der Waals surface area contributed by atoms with E-state index in [1.807, 2.05) is 0 Å². The quantitative estimate of drug-likeness (QED) is 0.586. The molecule has 0 unspecified atom stereocenters. The van der Waals surface area contributed by atoms with E-state index in [-0.39, 0.29) is 42.0 Å². The van der Waals surface area contributed by atoms with Gasteiger partial charge >= 0.3 is 6.18 Å². The molecule has 1 fully saturated rings. The summed E-state index contributed by atoms with van der Waals surface area (Å²) in [6.45, 7) is 0. The van der Waals surface area contributed by atoms with E-state index >= 15 is 0 Å². The third kappa shape index (κ3) is 4.69. The van der Waals surface area contributed by atoms with Gasteiger partial charge in [-0.25, -0.2) is 4.39 Å². The molecule has 1 N–H and O–H groups in total. The van der Waals surface area contributed by atoms with Gasteiger partial charge in [0.15, 0.2) is 0 Å². The molecule has 3 nitrogen and oxygen atoms in total. The van der Waals surface area contributed by atoms with Crippen molar-refractivity contribution in [3.05, 3.63) is 28.5 Å². The van der Waals surface area contributed by atoms with Gasteiger partial charge in [0, 0.05) is 12.3 Å². The van der Waals surface area contributed by atoms with Crippen LogP contribution in [0.1, 0.15) is 36.0 Å². The maximum atomic E-state index is 14.0. The van der Waals surface area contributed by atoms with Crippen molar-refractivity contribution in [2.45, 2.75) is 38.0 Å². The average molecular weight is 386 g/mol. The monoisotopic (exact) mass is 385 g/mol. The third-order valence-corrected chi connectivity index (χ3v) is 4.58. The van der Waals surface area contributed by atoms with Gasteiger partial charge in [-0.3, -0.25) is 9.52 Å². The van der Waals surface area contributed by atoms with Gasteiger partial charge in [0.2, 0.25) is 0 Å². The molecule has 1 saturated carbocycles. The number of halogens is 5. The number of carbonyl (C=O) groups excluding carboxylic acids is 1. The number of benzene rings is 1. The first-order chi connectivity index (χ1) is 11.2. The first-order valence-electron chi connectivity index (χ1n) is 7.28. The Kier molecular flexibility index (Phi) is 6.25. The molecule has 134 valence electrons. The van der Waals surface area contributed by atoms with Gasteiger partial charge in [-0.05, 0) is 31.7 Å². The molecule has 0 atom stereocenters. The molecule has 1 aliphatic carbocycles. The predicted molar refractivity (Wildman–Crippen MR) is 84.8 cm³/mol. The van der Waals surface area contributed by atoms with Gasteiger partial charge in [0.05, 0.1) is 22.6 Å². The largest absolute Gasteiger partial charge is 0.489 e. The van der Waals surface area contributed by atoms with Crippen LogP contribution in [0.4, 0.5) is 17.6 Å². The zero-order chi connectivity index (χ0) is 17.9. The Morgan fingerprint density at radius 1 is 1.29 bits per heavy atom. The lowest BCUT2D eigenvalue weighted by atomic mass is 9.87. The van der Waals surface area contributed by atoms with Crippen molar-refractivity contribution in [3.63, 3.8) is 0 Å². The summed E-state index contributed by atoms with van der Waals surface area (Å²) >= 11 is 7.03. The lowest BCUT2D eigenvalue weighted by Gasteiger charge is -2.30. The molecule has 9 heteroatoms. The van der Waals surface area contributed by atoms with Crippen molar-refractivity contribution in [3.8, 4) is 5.75 Å². The molecule has 1 amide bonds. The summed E-state index contributed by atoms with van der Waals surface area (Å²) in [4.78, 5) is 11.7. The number of alkyl halides is 3. The minimum Gasteiger partial charge on any atom is -0.489 e. The van der Waals surface area contributed by atoms with Crippen LogP contribution in [0.15, 0.2) is 12.1 Å². The van der Waals surface area contributed by atoms with Crippen molar-refractivity contribution in [2.75, 3.05) is 6.26 Å². The van der Waals surface area contributed by atoms with Crippen molar-refractivity contribution >= 4 is 29.5 Å². The fourth-order valence-corrected chi connectivity index (χ4v) is 3.13. The Morgan fingerprint density at radius 2 is 1.92 bits per heavy atom. The van der Waals surface area contributed by atoms with E-state index in [4.69, 9.17) is 16.3 Å². The highest BCUT2D eigenvalue weighted by atomic mass is 35.5. The Balaban J connectivity index is 2.04. The van der Waals surface area contributed by atoms with E-state index in [1.54, 1.807) is 6.26 Å². The molecule has 0 aromatic heterocycles. The second-order valence-corrected chi connectivity index (χ2v) is 6.55. The molecule has 0 radical (unpaired) electrons. The highest BCUT2D eigenvalue weighted by Crippen LogP contribution is 2.39. The van der Waals surface area contributed by atoms with E-state index in [2.05, 4.69) is 4.72 Å². The maximum Gasteiger partial charge on any atom is 0.391 e. The minimum atomic E-state index is -4.19. The summed E-state index contributed by atoms with van der Waals surface area (Å²) in [5.41, 5.74) is -0.220. The van der Waals surface area contributed by atoms with Crippen LogP contribution in [-0.2, 0) is 0 Å². The Morgan fingerprint density at radius 3 is 2.46 bits per heavy atom. The van der Waals surface area contributed by atoms with Crippen LogP contribution in [0.2, 0.25) is 5.02 Å². The van der Waals surface area contributed by atoms with Crippen LogP contribution in [0.5, 0.6) is 5.75 Å². The second kappa shape index (κ2) is 7.82. The Labute approximate surface area is 146 Å². The van der Waals surface area contributed by atoms with Crippen LogP contribution in [0.25, 0.3) is 0 Å². The predicted octanol–water partition coefficient (Wildman–Crippen LogP) is 4.99. The highest BCUT2D eigenvalue weighted by Gasteiger charge is 2.41. The molecule has 0 bridgehead atoms. The zero-order valence-corrected chi connectivity index (χ0v) is 14.3. The highest BCUT2D eigenvalue weighted by molar-refractivity contribution is 7.97. The second-order valence-electron chi connectivity index (χ2n) is 5.53. The van der Waals surface area contributed by atoms with Crippen molar-refractivity contribution in [2.24, 2.45) is 5.92 Å². The fourth-order valence-electron chi connectivity index (χ4n) is 2.63. The van der Waals surface area contributed by atoms with E-state index in [0.29, 0.717) is 0 Å². The number of nitrogens with one attached hydrogen (secondary N) is 1. The Hall–Kier alpha value is -1.15. The lowest BCUT2D eigenvalue weighted by molar-refractivity contribution is -0.185. The van der Waals surface area contributed by atoms with Crippen LogP contribution in [0.3, 0.4) is 0 Å². The maximum absolute atomic E-state index is 14.0. The molecule has 2 rings (SSSR count). The van der Waals surface area contributed by atoms with Crippen molar-refractivity contribution in [1.82, 2.24) is 4.72 Å². The molecular formula is C15H16ClF4NO2S. The van der Waals surface area contributed by atoms with E-state index < -0.39 is 29.9 Å². The topological polar surface area (TPSA) is 38.3 Å². The smallest absolute Gasteiger partial charge is 0.391 e. The van der Waals surface area contributed by atoms with Crippen molar-refractivity contribution < 1.29 is 27.1 Å². The number of hydrogen-bond acceptors (Lipinski definition) is 3. The number of ether oxygens (including phenoxy) is 1. The number of carbonyl (C=O) groups is 1. The zero-order valence-electron chi connectivity index (χ0n) is 12.8. The Bertz CT molecular complexity index is 604. The van der Waals surface area contributed by atoms with Gasteiger partial charge < -0.3 is 4.74 Å². The summed E-state index contributed by atoms with van der Waals surface area (Å²) in [6.07, 6.45) is -2.64. The molecule has 0 saturated heterocycles. The normalized spacial score (nSPS) is 21.4. The number of amides is 1.